The molecule has 1 heterocycles. The molecule has 1 amide bonds. The number of aryl methyl sites for hydroxylation is 2. The van der Waals surface area contributed by atoms with E-state index in [0.29, 0.717) is 12.5 Å². The standard InChI is InChI=1S/C15H21BrN2O/c1-11-9-12(3-5-14(11)16)4-6-15(19)18(2)13-7-8-17-10-13/h3,5,9,13,17H,4,6-8,10H2,1-2H3. The number of carbonyl (C=O) groups excluding carboxylic acids is 1. The molecular weight excluding hydrogens is 304 g/mol. The van der Waals surface area contributed by atoms with Crippen LogP contribution in [0.5, 0.6) is 0 Å². The van der Waals surface area contributed by atoms with Crippen molar-refractivity contribution in [3.63, 3.8) is 0 Å². The van der Waals surface area contributed by atoms with Gasteiger partial charge in [-0.05, 0) is 43.5 Å². The molecule has 1 aromatic carbocycles. The molecule has 1 saturated heterocycles. The smallest absolute Gasteiger partial charge is 0.222 e. The zero-order valence-corrected chi connectivity index (χ0v) is 13.2. The van der Waals surface area contributed by atoms with Crippen LogP contribution in [0.1, 0.15) is 24.0 Å². The highest BCUT2D eigenvalue weighted by Gasteiger charge is 2.22. The van der Waals surface area contributed by atoms with Crippen LogP contribution < -0.4 is 5.32 Å². The quantitative estimate of drug-likeness (QED) is 0.923. The van der Waals surface area contributed by atoms with Gasteiger partial charge in [-0.15, -0.1) is 0 Å². The van der Waals surface area contributed by atoms with Gasteiger partial charge in [0.2, 0.25) is 5.91 Å². The second kappa shape index (κ2) is 6.53. The molecule has 1 atom stereocenters. The van der Waals surface area contributed by atoms with Crippen LogP contribution in [0, 0.1) is 6.92 Å². The molecule has 0 aliphatic carbocycles. The third kappa shape index (κ3) is 3.80. The van der Waals surface area contributed by atoms with Gasteiger partial charge in [0, 0.05) is 30.5 Å². The highest BCUT2D eigenvalue weighted by Crippen LogP contribution is 2.18. The Kier molecular flexibility index (Phi) is 4.99. The third-order valence-electron chi connectivity index (χ3n) is 3.83. The lowest BCUT2D eigenvalue weighted by Crippen LogP contribution is -2.38. The van der Waals surface area contributed by atoms with Crippen molar-refractivity contribution in [3.8, 4) is 0 Å². The molecule has 2 rings (SSSR count). The van der Waals surface area contributed by atoms with Crippen LogP contribution in [0.4, 0.5) is 0 Å². The maximum Gasteiger partial charge on any atom is 0.222 e. The Balaban J connectivity index is 1.87. The monoisotopic (exact) mass is 324 g/mol. The fourth-order valence-electron chi connectivity index (χ4n) is 2.46. The van der Waals surface area contributed by atoms with E-state index in [1.807, 2.05) is 11.9 Å². The number of nitrogens with zero attached hydrogens (tertiary/aromatic N) is 1. The van der Waals surface area contributed by atoms with Crippen molar-refractivity contribution < 1.29 is 4.79 Å². The number of hydrogen-bond acceptors (Lipinski definition) is 2. The first-order chi connectivity index (χ1) is 9.08. The highest BCUT2D eigenvalue weighted by molar-refractivity contribution is 9.10. The fourth-order valence-corrected chi connectivity index (χ4v) is 2.71. The van der Waals surface area contributed by atoms with Crippen LogP contribution in [-0.2, 0) is 11.2 Å². The first-order valence-corrected chi connectivity index (χ1v) is 7.58. The van der Waals surface area contributed by atoms with Gasteiger partial charge in [-0.2, -0.15) is 0 Å². The average molecular weight is 325 g/mol. The predicted octanol–water partition coefficient (Wildman–Crippen LogP) is 2.51. The molecule has 4 heteroatoms. The largest absolute Gasteiger partial charge is 0.341 e. The van der Waals surface area contributed by atoms with Gasteiger partial charge in [0.05, 0.1) is 0 Å². The van der Waals surface area contributed by atoms with E-state index in [9.17, 15) is 4.79 Å². The van der Waals surface area contributed by atoms with Gasteiger partial charge in [0.1, 0.15) is 0 Å². The number of likely N-dealkylation sites (N-methyl/N-ethyl adjacent to an activating group) is 1. The molecule has 104 valence electrons. The highest BCUT2D eigenvalue weighted by atomic mass is 79.9. The van der Waals surface area contributed by atoms with Crippen LogP contribution in [0.25, 0.3) is 0 Å². The summed E-state index contributed by atoms with van der Waals surface area (Å²) in [5.74, 6) is 0.245. The predicted molar refractivity (Wildman–Crippen MR) is 81.2 cm³/mol. The van der Waals surface area contributed by atoms with E-state index in [2.05, 4.69) is 46.4 Å². The van der Waals surface area contributed by atoms with Crippen LogP contribution in [0.2, 0.25) is 0 Å². The maximum absolute atomic E-state index is 12.1. The minimum absolute atomic E-state index is 0.245. The lowest BCUT2D eigenvalue weighted by molar-refractivity contribution is -0.131. The van der Waals surface area contributed by atoms with Gasteiger partial charge in [0.25, 0.3) is 0 Å². The van der Waals surface area contributed by atoms with Crippen LogP contribution in [0.3, 0.4) is 0 Å². The Morgan fingerprint density at radius 3 is 2.95 bits per heavy atom. The van der Waals surface area contributed by atoms with E-state index in [-0.39, 0.29) is 5.91 Å². The molecule has 0 radical (unpaired) electrons. The molecule has 0 bridgehead atoms. The minimum atomic E-state index is 0.245. The molecule has 1 fully saturated rings. The first kappa shape index (κ1) is 14.5. The van der Waals surface area contributed by atoms with Gasteiger partial charge in [-0.3, -0.25) is 4.79 Å². The maximum atomic E-state index is 12.1. The third-order valence-corrected chi connectivity index (χ3v) is 4.72. The van der Waals surface area contributed by atoms with E-state index in [1.165, 1.54) is 11.1 Å². The SMILES string of the molecule is Cc1cc(CCC(=O)N(C)C2CCNC2)ccc1Br. The van der Waals surface area contributed by atoms with Gasteiger partial charge < -0.3 is 10.2 Å². The molecule has 1 aliphatic rings. The van der Waals surface area contributed by atoms with Crippen LogP contribution >= 0.6 is 15.9 Å². The molecule has 1 aliphatic heterocycles. The zero-order valence-electron chi connectivity index (χ0n) is 11.6. The van der Waals surface area contributed by atoms with E-state index in [0.717, 1.165) is 30.4 Å². The molecular formula is C15H21BrN2O. The molecule has 0 aromatic heterocycles. The second-order valence-electron chi connectivity index (χ2n) is 5.23. The summed E-state index contributed by atoms with van der Waals surface area (Å²) in [5, 5.41) is 3.30. The summed E-state index contributed by atoms with van der Waals surface area (Å²) < 4.78 is 1.12. The molecule has 19 heavy (non-hydrogen) atoms. The second-order valence-corrected chi connectivity index (χ2v) is 6.09. The molecule has 1 N–H and O–H groups in total. The molecule has 1 aromatic rings. The molecule has 0 saturated carbocycles. The summed E-state index contributed by atoms with van der Waals surface area (Å²) in [7, 11) is 1.92. The first-order valence-electron chi connectivity index (χ1n) is 6.79. The summed E-state index contributed by atoms with van der Waals surface area (Å²) in [6, 6.07) is 6.66. The Labute approximate surface area is 123 Å². The van der Waals surface area contributed by atoms with Crippen molar-refractivity contribution in [1.82, 2.24) is 10.2 Å². The van der Waals surface area contributed by atoms with E-state index in [4.69, 9.17) is 0 Å². The average Bonchev–Trinajstić information content (AvgIpc) is 2.93. The van der Waals surface area contributed by atoms with Crippen molar-refractivity contribution in [3.05, 3.63) is 33.8 Å². The summed E-state index contributed by atoms with van der Waals surface area (Å²) in [6.07, 6.45) is 2.48. The lowest BCUT2D eigenvalue weighted by atomic mass is 10.1. The Morgan fingerprint density at radius 2 is 2.32 bits per heavy atom. The normalized spacial score (nSPS) is 18.6. The van der Waals surface area contributed by atoms with Crippen molar-refractivity contribution >= 4 is 21.8 Å². The van der Waals surface area contributed by atoms with Gasteiger partial charge in [-0.1, -0.05) is 28.1 Å². The van der Waals surface area contributed by atoms with Crippen molar-refractivity contribution in [2.24, 2.45) is 0 Å². The van der Waals surface area contributed by atoms with Gasteiger partial charge in [-0.25, -0.2) is 0 Å². The Hall–Kier alpha value is -0.870. The Morgan fingerprint density at radius 1 is 1.53 bits per heavy atom. The van der Waals surface area contributed by atoms with E-state index < -0.39 is 0 Å². The van der Waals surface area contributed by atoms with Crippen molar-refractivity contribution in [2.75, 3.05) is 20.1 Å². The molecule has 0 spiro atoms. The van der Waals surface area contributed by atoms with Crippen LogP contribution in [0.15, 0.2) is 22.7 Å². The number of hydrogen-bond donors (Lipinski definition) is 1. The summed E-state index contributed by atoms with van der Waals surface area (Å²) in [6.45, 7) is 4.03. The Bertz CT molecular complexity index is 455. The molecule has 3 nitrogen and oxygen atoms in total. The number of amides is 1. The topological polar surface area (TPSA) is 32.3 Å². The summed E-state index contributed by atoms with van der Waals surface area (Å²) in [5.41, 5.74) is 2.45. The minimum Gasteiger partial charge on any atom is -0.341 e. The lowest BCUT2D eigenvalue weighted by Gasteiger charge is -2.23. The number of rotatable bonds is 4. The summed E-state index contributed by atoms with van der Waals surface area (Å²) in [4.78, 5) is 14.1. The fraction of sp³-hybridized carbons (Fsp3) is 0.533. The molecule has 1 unspecified atom stereocenters. The number of nitrogens with one attached hydrogen (secondary N) is 1. The van der Waals surface area contributed by atoms with Crippen LogP contribution in [-0.4, -0.2) is 37.0 Å². The van der Waals surface area contributed by atoms with Crippen molar-refractivity contribution in [2.45, 2.75) is 32.2 Å². The van der Waals surface area contributed by atoms with E-state index >= 15 is 0 Å². The van der Waals surface area contributed by atoms with Crippen molar-refractivity contribution in [1.29, 1.82) is 0 Å². The number of carbonyl (C=O) groups is 1. The number of benzene rings is 1. The summed E-state index contributed by atoms with van der Waals surface area (Å²) >= 11 is 3.50. The van der Waals surface area contributed by atoms with E-state index in [1.54, 1.807) is 0 Å². The zero-order chi connectivity index (χ0) is 13.8. The number of halogens is 1. The van der Waals surface area contributed by atoms with Gasteiger partial charge >= 0.3 is 0 Å². The van der Waals surface area contributed by atoms with Gasteiger partial charge in [0.15, 0.2) is 0 Å².